The molecular weight excluding hydrogens is 332 g/mol. The average Bonchev–Trinajstić information content (AvgIpc) is 2.66. The summed E-state index contributed by atoms with van der Waals surface area (Å²) in [5.74, 6) is -1.86. The van der Waals surface area contributed by atoms with Crippen molar-refractivity contribution in [2.24, 2.45) is 10.7 Å². The molecule has 0 amide bonds. The van der Waals surface area contributed by atoms with Crippen LogP contribution in [0, 0.1) is 0 Å². The molecule has 0 radical (unpaired) electrons. The third-order valence-corrected chi connectivity index (χ3v) is 5.02. The quantitative estimate of drug-likeness (QED) is 0.594. The van der Waals surface area contributed by atoms with Gasteiger partial charge >= 0.3 is 0 Å². The smallest absolute Gasteiger partial charge is 0.270 e. The fourth-order valence-corrected chi connectivity index (χ4v) is 3.44. The van der Waals surface area contributed by atoms with Gasteiger partial charge in [-0.2, -0.15) is 0 Å². The van der Waals surface area contributed by atoms with E-state index in [1.165, 1.54) is 49.8 Å². The Morgan fingerprint density at radius 2 is 1.85 bits per heavy atom. The van der Waals surface area contributed by atoms with E-state index >= 15 is 0 Å². The van der Waals surface area contributed by atoms with Crippen LogP contribution in [0.3, 0.4) is 0 Å². The topological polar surface area (TPSA) is 51.3 Å². The minimum absolute atomic E-state index is 0.0000475. The van der Waals surface area contributed by atoms with Gasteiger partial charge in [-0.3, -0.25) is 9.98 Å². The van der Waals surface area contributed by atoms with Crippen molar-refractivity contribution in [2.75, 3.05) is 0 Å². The van der Waals surface area contributed by atoms with Crippen LogP contribution in [0.25, 0.3) is 0 Å². The number of pyridine rings is 1. The van der Waals surface area contributed by atoms with Gasteiger partial charge in [-0.1, -0.05) is 43.5 Å². The number of aliphatic imine (C=N–C) groups is 1. The highest BCUT2D eigenvalue weighted by atomic mass is 19.3. The molecule has 26 heavy (non-hydrogen) atoms. The molecule has 138 valence electrons. The first-order valence-corrected chi connectivity index (χ1v) is 9.17. The fourth-order valence-electron chi connectivity index (χ4n) is 3.44. The summed E-state index contributed by atoms with van der Waals surface area (Å²) >= 11 is 0. The zero-order valence-corrected chi connectivity index (χ0v) is 15.1. The van der Waals surface area contributed by atoms with Crippen molar-refractivity contribution in [3.8, 4) is 0 Å². The Hall–Kier alpha value is -2.30. The maximum atomic E-state index is 13.3. The van der Waals surface area contributed by atoms with E-state index in [0.29, 0.717) is 24.0 Å². The van der Waals surface area contributed by atoms with Gasteiger partial charge in [-0.05, 0) is 42.0 Å². The van der Waals surface area contributed by atoms with E-state index in [1.54, 1.807) is 18.3 Å². The molecule has 1 aliphatic rings. The second-order valence-electron chi connectivity index (χ2n) is 7.10. The first-order chi connectivity index (χ1) is 12.4. The monoisotopic (exact) mass is 357 g/mol. The molecule has 0 spiro atoms. The first kappa shape index (κ1) is 18.5. The largest absolute Gasteiger partial charge is 0.382 e. The zero-order chi connectivity index (χ0) is 18.6. The van der Waals surface area contributed by atoms with E-state index in [1.807, 2.05) is 6.07 Å². The lowest BCUT2D eigenvalue weighted by Gasteiger charge is -2.22. The lowest BCUT2D eigenvalue weighted by Crippen LogP contribution is -2.16. The Balaban J connectivity index is 1.69. The van der Waals surface area contributed by atoms with Crippen LogP contribution in [0.2, 0.25) is 0 Å². The molecule has 1 fully saturated rings. The number of nitrogens with zero attached hydrogens (tertiary/aromatic N) is 2. The van der Waals surface area contributed by atoms with Crippen molar-refractivity contribution in [3.63, 3.8) is 0 Å². The van der Waals surface area contributed by atoms with Crippen LogP contribution in [0.5, 0.6) is 0 Å². The summed E-state index contributed by atoms with van der Waals surface area (Å²) in [6.45, 7) is 1.24. The van der Waals surface area contributed by atoms with Crippen LogP contribution in [0.1, 0.15) is 67.3 Å². The summed E-state index contributed by atoms with van der Waals surface area (Å²) in [5, 5.41) is 0. The molecular formula is C21H25F2N3. The van der Waals surface area contributed by atoms with Gasteiger partial charge in [0.25, 0.3) is 5.92 Å². The molecule has 0 saturated heterocycles. The molecule has 0 atom stereocenters. The Kier molecular flexibility index (Phi) is 5.64. The zero-order valence-electron chi connectivity index (χ0n) is 15.1. The summed E-state index contributed by atoms with van der Waals surface area (Å²) in [6, 6.07) is 10.3. The number of rotatable bonds is 5. The van der Waals surface area contributed by atoms with E-state index in [0.717, 1.165) is 12.5 Å². The normalized spacial score (nSPS) is 16.7. The number of hydrogen-bond acceptors (Lipinski definition) is 2. The first-order valence-electron chi connectivity index (χ1n) is 9.17. The SMILES string of the molecule is CC(F)(F)c1ccc(CN=C(N)c2cc(C3CCCCC3)ccn2)cc1. The van der Waals surface area contributed by atoms with E-state index in [4.69, 9.17) is 5.73 Å². The van der Waals surface area contributed by atoms with Gasteiger partial charge in [0.2, 0.25) is 0 Å². The summed E-state index contributed by atoms with van der Waals surface area (Å²) in [5.41, 5.74) is 8.91. The molecule has 1 aromatic heterocycles. The number of halogens is 2. The second-order valence-corrected chi connectivity index (χ2v) is 7.10. The molecule has 3 nitrogen and oxygen atoms in total. The van der Waals surface area contributed by atoms with Gasteiger partial charge in [-0.25, -0.2) is 8.78 Å². The van der Waals surface area contributed by atoms with Crippen molar-refractivity contribution < 1.29 is 8.78 Å². The standard InChI is InChI=1S/C21H25F2N3/c1-21(22,23)18-9-7-15(8-10-18)14-26-20(24)19-13-17(11-12-25-19)16-5-3-2-4-6-16/h7-13,16H,2-6,14H2,1H3,(H2,24,26). The molecule has 1 aromatic carbocycles. The minimum atomic E-state index is -2.83. The summed E-state index contributed by atoms with van der Waals surface area (Å²) in [4.78, 5) is 8.73. The lowest BCUT2D eigenvalue weighted by atomic mass is 9.84. The Morgan fingerprint density at radius 3 is 2.50 bits per heavy atom. The molecule has 3 rings (SSSR count). The van der Waals surface area contributed by atoms with Crippen LogP contribution < -0.4 is 5.73 Å². The maximum Gasteiger partial charge on any atom is 0.270 e. The van der Waals surface area contributed by atoms with Crippen molar-refractivity contribution in [3.05, 3.63) is 65.0 Å². The van der Waals surface area contributed by atoms with Crippen LogP contribution in [-0.4, -0.2) is 10.8 Å². The molecule has 5 heteroatoms. The number of aromatic nitrogens is 1. The third kappa shape index (κ3) is 4.65. The summed E-state index contributed by atoms with van der Waals surface area (Å²) in [7, 11) is 0. The van der Waals surface area contributed by atoms with Gasteiger partial charge in [0.15, 0.2) is 0 Å². The average molecular weight is 357 g/mol. The Morgan fingerprint density at radius 1 is 1.15 bits per heavy atom. The van der Waals surface area contributed by atoms with Crippen LogP contribution in [-0.2, 0) is 12.5 Å². The van der Waals surface area contributed by atoms with E-state index in [9.17, 15) is 8.78 Å². The molecule has 2 N–H and O–H groups in total. The van der Waals surface area contributed by atoms with Crippen LogP contribution in [0.4, 0.5) is 8.78 Å². The molecule has 1 aliphatic carbocycles. The number of hydrogen-bond donors (Lipinski definition) is 1. The predicted octanol–water partition coefficient (Wildman–Crippen LogP) is 5.15. The van der Waals surface area contributed by atoms with Crippen LogP contribution in [0.15, 0.2) is 47.6 Å². The van der Waals surface area contributed by atoms with Crippen molar-refractivity contribution in [1.82, 2.24) is 4.98 Å². The number of alkyl halides is 2. The summed E-state index contributed by atoms with van der Waals surface area (Å²) in [6.07, 6.45) is 8.10. The number of amidine groups is 1. The lowest BCUT2D eigenvalue weighted by molar-refractivity contribution is 0.0174. The molecule has 0 aliphatic heterocycles. The van der Waals surface area contributed by atoms with Crippen LogP contribution >= 0.6 is 0 Å². The van der Waals surface area contributed by atoms with Crippen molar-refractivity contribution in [1.29, 1.82) is 0 Å². The van der Waals surface area contributed by atoms with E-state index < -0.39 is 5.92 Å². The summed E-state index contributed by atoms with van der Waals surface area (Å²) < 4.78 is 26.5. The van der Waals surface area contributed by atoms with E-state index in [-0.39, 0.29) is 5.56 Å². The van der Waals surface area contributed by atoms with Crippen molar-refractivity contribution >= 4 is 5.84 Å². The number of nitrogens with two attached hydrogens (primary N) is 1. The highest BCUT2D eigenvalue weighted by Gasteiger charge is 2.23. The highest BCUT2D eigenvalue weighted by Crippen LogP contribution is 2.32. The fraction of sp³-hybridized carbons (Fsp3) is 0.429. The van der Waals surface area contributed by atoms with Crippen molar-refractivity contribution in [2.45, 2.75) is 57.4 Å². The van der Waals surface area contributed by atoms with Gasteiger partial charge in [0.1, 0.15) is 11.5 Å². The molecule has 0 unspecified atom stereocenters. The van der Waals surface area contributed by atoms with Gasteiger partial charge < -0.3 is 5.73 Å². The second kappa shape index (κ2) is 7.94. The van der Waals surface area contributed by atoms with E-state index in [2.05, 4.69) is 16.0 Å². The highest BCUT2D eigenvalue weighted by molar-refractivity contribution is 5.95. The molecule has 0 bridgehead atoms. The maximum absolute atomic E-state index is 13.3. The minimum Gasteiger partial charge on any atom is -0.382 e. The Bertz CT molecular complexity index is 758. The third-order valence-electron chi connectivity index (χ3n) is 5.02. The van der Waals surface area contributed by atoms with Gasteiger partial charge in [0.05, 0.1) is 6.54 Å². The molecule has 2 aromatic rings. The Labute approximate surface area is 153 Å². The predicted molar refractivity (Wildman–Crippen MR) is 101 cm³/mol. The van der Waals surface area contributed by atoms with Gasteiger partial charge in [-0.15, -0.1) is 0 Å². The van der Waals surface area contributed by atoms with Gasteiger partial charge in [0, 0.05) is 18.7 Å². The molecule has 1 saturated carbocycles. The molecule has 1 heterocycles. The number of benzene rings is 1.